The van der Waals surface area contributed by atoms with Gasteiger partial charge in [-0.15, -0.1) is 0 Å². The van der Waals surface area contributed by atoms with Gasteiger partial charge >= 0.3 is 0 Å². The topological polar surface area (TPSA) is 39.1 Å². The first-order valence-corrected chi connectivity index (χ1v) is 7.97. The summed E-state index contributed by atoms with van der Waals surface area (Å²) in [5, 5.41) is 7.90. The largest absolute Gasteiger partial charge is 0.493 e. The van der Waals surface area contributed by atoms with Crippen LogP contribution in [0.25, 0.3) is 0 Å². The maximum Gasteiger partial charge on any atom is 0.124 e. The molecule has 1 heterocycles. The molecule has 21 heavy (non-hydrogen) atoms. The maximum atomic E-state index is 5.81. The molecule has 0 saturated heterocycles. The molecular formula is C16H22BrN3O. The van der Waals surface area contributed by atoms with Crippen molar-refractivity contribution in [2.75, 3.05) is 11.9 Å². The standard InChI is InChI=1S/C16H22BrN3O/c1-5-8-21-15-7-6-14(17)9-13(15)10-18-16-11(2)19-20(4)12(16)3/h6-7,9,18H,5,8,10H2,1-4H3. The third kappa shape index (κ3) is 3.79. The Morgan fingerprint density at radius 2 is 2.10 bits per heavy atom. The second-order valence-corrected chi connectivity index (χ2v) is 6.04. The van der Waals surface area contributed by atoms with Gasteiger partial charge in [0.05, 0.1) is 23.7 Å². The fraction of sp³-hybridized carbons (Fsp3) is 0.438. The van der Waals surface area contributed by atoms with Crippen molar-refractivity contribution >= 4 is 21.6 Å². The van der Waals surface area contributed by atoms with Crippen LogP contribution in [0.3, 0.4) is 0 Å². The van der Waals surface area contributed by atoms with Crippen LogP contribution in [0.2, 0.25) is 0 Å². The van der Waals surface area contributed by atoms with E-state index >= 15 is 0 Å². The monoisotopic (exact) mass is 351 g/mol. The predicted molar refractivity (Wildman–Crippen MR) is 89.9 cm³/mol. The van der Waals surface area contributed by atoms with Gasteiger partial charge in [0.2, 0.25) is 0 Å². The Morgan fingerprint density at radius 1 is 1.33 bits per heavy atom. The van der Waals surface area contributed by atoms with Crippen molar-refractivity contribution in [1.82, 2.24) is 9.78 Å². The second kappa shape index (κ2) is 6.98. The normalized spacial score (nSPS) is 10.7. The molecule has 0 saturated carbocycles. The first-order chi connectivity index (χ1) is 10.0. The van der Waals surface area contributed by atoms with E-state index in [0.29, 0.717) is 6.54 Å². The Morgan fingerprint density at radius 3 is 2.71 bits per heavy atom. The van der Waals surface area contributed by atoms with Crippen LogP contribution in [0.5, 0.6) is 5.75 Å². The Hall–Kier alpha value is -1.49. The third-order valence-electron chi connectivity index (χ3n) is 3.45. The summed E-state index contributed by atoms with van der Waals surface area (Å²) in [6, 6.07) is 6.12. The lowest BCUT2D eigenvalue weighted by molar-refractivity contribution is 0.314. The second-order valence-electron chi connectivity index (χ2n) is 5.12. The highest BCUT2D eigenvalue weighted by Gasteiger charge is 2.10. The van der Waals surface area contributed by atoms with E-state index in [0.717, 1.165) is 45.9 Å². The average molecular weight is 352 g/mol. The molecular weight excluding hydrogens is 330 g/mol. The summed E-state index contributed by atoms with van der Waals surface area (Å²) < 4.78 is 8.77. The Kier molecular flexibility index (Phi) is 5.28. The summed E-state index contributed by atoms with van der Waals surface area (Å²) in [5.41, 5.74) is 4.39. The van der Waals surface area contributed by atoms with Crippen molar-refractivity contribution < 1.29 is 4.74 Å². The molecule has 1 N–H and O–H groups in total. The highest BCUT2D eigenvalue weighted by atomic mass is 79.9. The summed E-state index contributed by atoms with van der Waals surface area (Å²) in [5.74, 6) is 0.937. The van der Waals surface area contributed by atoms with E-state index in [1.165, 1.54) is 0 Å². The summed E-state index contributed by atoms with van der Waals surface area (Å²) in [6.07, 6.45) is 1.00. The summed E-state index contributed by atoms with van der Waals surface area (Å²) in [6.45, 7) is 7.65. The number of hydrogen-bond acceptors (Lipinski definition) is 3. The van der Waals surface area contributed by atoms with Crippen molar-refractivity contribution in [1.29, 1.82) is 0 Å². The number of hydrogen-bond donors (Lipinski definition) is 1. The minimum atomic E-state index is 0.714. The van der Waals surface area contributed by atoms with Gasteiger partial charge in [0.15, 0.2) is 0 Å². The zero-order valence-corrected chi connectivity index (χ0v) is 14.6. The van der Waals surface area contributed by atoms with Gasteiger partial charge in [-0.2, -0.15) is 5.10 Å². The van der Waals surface area contributed by atoms with Gasteiger partial charge in [0.1, 0.15) is 5.75 Å². The molecule has 114 valence electrons. The Bertz CT molecular complexity index is 622. The highest BCUT2D eigenvalue weighted by Crippen LogP contribution is 2.26. The van der Waals surface area contributed by atoms with Gasteiger partial charge in [0, 0.05) is 23.6 Å². The number of ether oxygens (including phenoxy) is 1. The number of nitrogens with one attached hydrogen (secondary N) is 1. The molecule has 5 heteroatoms. The van der Waals surface area contributed by atoms with Crippen molar-refractivity contribution in [2.45, 2.75) is 33.7 Å². The third-order valence-corrected chi connectivity index (χ3v) is 3.94. The molecule has 0 amide bonds. The van der Waals surface area contributed by atoms with Crippen LogP contribution in [0.1, 0.15) is 30.3 Å². The fourth-order valence-corrected chi connectivity index (χ4v) is 2.66. The lowest BCUT2D eigenvalue weighted by Gasteiger charge is -2.13. The smallest absolute Gasteiger partial charge is 0.124 e. The van der Waals surface area contributed by atoms with Gasteiger partial charge in [-0.25, -0.2) is 0 Å². The van der Waals surface area contributed by atoms with Crippen LogP contribution in [-0.2, 0) is 13.6 Å². The molecule has 0 radical (unpaired) electrons. The number of halogens is 1. The minimum Gasteiger partial charge on any atom is -0.493 e. The molecule has 0 unspecified atom stereocenters. The fourth-order valence-electron chi connectivity index (χ4n) is 2.25. The lowest BCUT2D eigenvalue weighted by atomic mass is 10.2. The van der Waals surface area contributed by atoms with Gasteiger partial charge in [-0.3, -0.25) is 4.68 Å². The molecule has 0 spiro atoms. The van der Waals surface area contributed by atoms with Crippen molar-refractivity contribution in [3.63, 3.8) is 0 Å². The summed E-state index contributed by atoms with van der Waals surface area (Å²) in [7, 11) is 1.96. The molecule has 0 aliphatic heterocycles. The molecule has 0 aliphatic rings. The Labute approximate surface area is 134 Å². The molecule has 1 aromatic heterocycles. The van der Waals surface area contributed by atoms with Crippen LogP contribution in [0, 0.1) is 13.8 Å². The van der Waals surface area contributed by atoms with E-state index in [1.54, 1.807) is 0 Å². The van der Waals surface area contributed by atoms with Crippen LogP contribution in [0.15, 0.2) is 22.7 Å². The van der Waals surface area contributed by atoms with Gasteiger partial charge in [-0.1, -0.05) is 22.9 Å². The average Bonchev–Trinajstić information content (AvgIpc) is 2.69. The van der Waals surface area contributed by atoms with E-state index in [1.807, 2.05) is 30.8 Å². The summed E-state index contributed by atoms with van der Waals surface area (Å²) >= 11 is 3.52. The maximum absolute atomic E-state index is 5.81. The van der Waals surface area contributed by atoms with Crippen molar-refractivity contribution in [3.05, 3.63) is 39.6 Å². The van der Waals surface area contributed by atoms with E-state index in [4.69, 9.17) is 4.74 Å². The molecule has 4 nitrogen and oxygen atoms in total. The zero-order chi connectivity index (χ0) is 15.4. The van der Waals surface area contributed by atoms with Crippen LogP contribution < -0.4 is 10.1 Å². The van der Waals surface area contributed by atoms with Gasteiger partial charge in [-0.05, 0) is 38.5 Å². The van der Waals surface area contributed by atoms with Gasteiger partial charge < -0.3 is 10.1 Å². The number of aromatic nitrogens is 2. The first kappa shape index (κ1) is 15.9. The number of nitrogens with zero attached hydrogens (tertiary/aromatic N) is 2. The van der Waals surface area contributed by atoms with Crippen molar-refractivity contribution in [3.8, 4) is 5.75 Å². The van der Waals surface area contributed by atoms with Crippen LogP contribution in [-0.4, -0.2) is 16.4 Å². The number of benzene rings is 1. The number of aryl methyl sites for hydroxylation is 2. The number of rotatable bonds is 6. The van der Waals surface area contributed by atoms with E-state index < -0.39 is 0 Å². The quantitative estimate of drug-likeness (QED) is 0.847. The van der Waals surface area contributed by atoms with Crippen molar-refractivity contribution in [2.24, 2.45) is 7.05 Å². The first-order valence-electron chi connectivity index (χ1n) is 7.18. The minimum absolute atomic E-state index is 0.714. The number of anilines is 1. The molecule has 0 aliphatic carbocycles. The zero-order valence-electron chi connectivity index (χ0n) is 13.0. The van der Waals surface area contributed by atoms with Gasteiger partial charge in [0.25, 0.3) is 0 Å². The van der Waals surface area contributed by atoms with Crippen LogP contribution in [0.4, 0.5) is 5.69 Å². The van der Waals surface area contributed by atoms with E-state index in [2.05, 4.69) is 46.3 Å². The summed E-state index contributed by atoms with van der Waals surface area (Å²) in [4.78, 5) is 0. The SMILES string of the molecule is CCCOc1ccc(Br)cc1CNc1c(C)nn(C)c1C. The molecule has 0 fully saturated rings. The highest BCUT2D eigenvalue weighted by molar-refractivity contribution is 9.10. The molecule has 2 aromatic rings. The molecule has 2 rings (SSSR count). The molecule has 0 atom stereocenters. The van der Waals surface area contributed by atoms with E-state index in [-0.39, 0.29) is 0 Å². The van der Waals surface area contributed by atoms with E-state index in [9.17, 15) is 0 Å². The molecule has 1 aromatic carbocycles. The van der Waals surface area contributed by atoms with Crippen LogP contribution >= 0.6 is 15.9 Å². The lowest BCUT2D eigenvalue weighted by Crippen LogP contribution is -2.05. The predicted octanol–water partition coefficient (Wildman–Crippen LogP) is 4.20. The molecule has 0 bridgehead atoms. The Balaban J connectivity index is 2.16.